The largest absolute Gasteiger partial charge is 0.497 e. The Labute approximate surface area is 136 Å². The van der Waals surface area contributed by atoms with Crippen molar-refractivity contribution in [2.75, 3.05) is 7.11 Å². The predicted octanol–water partition coefficient (Wildman–Crippen LogP) is 4.56. The van der Waals surface area contributed by atoms with Crippen LogP contribution < -0.4 is 4.74 Å². The molecule has 0 aliphatic carbocycles. The molecule has 4 nitrogen and oxygen atoms in total. The van der Waals surface area contributed by atoms with Gasteiger partial charge in [0.1, 0.15) is 16.0 Å². The van der Waals surface area contributed by atoms with Crippen molar-refractivity contribution >= 4 is 35.4 Å². The summed E-state index contributed by atoms with van der Waals surface area (Å²) < 4.78 is 13.1. The quantitative estimate of drug-likeness (QED) is 0.646. The molecule has 108 valence electrons. The van der Waals surface area contributed by atoms with Crippen LogP contribution >= 0.6 is 24.4 Å². The van der Waals surface area contributed by atoms with Crippen molar-refractivity contribution in [1.29, 1.82) is 5.26 Å². The van der Waals surface area contributed by atoms with Crippen molar-refractivity contribution < 1.29 is 9.15 Å². The van der Waals surface area contributed by atoms with Crippen molar-refractivity contribution in [3.8, 4) is 17.5 Å². The molecule has 2 aromatic carbocycles. The molecular weight excluding hydrogens is 316 g/mol. The molecule has 0 fully saturated rings. The zero-order valence-electron chi connectivity index (χ0n) is 11.6. The van der Waals surface area contributed by atoms with Crippen molar-refractivity contribution in [3.05, 3.63) is 57.5 Å². The van der Waals surface area contributed by atoms with Gasteiger partial charge in [0.05, 0.1) is 29.8 Å². The molecule has 0 atom stereocenters. The highest BCUT2D eigenvalue weighted by atomic mass is 32.1. The Morgan fingerprint density at radius 1 is 1.14 bits per heavy atom. The number of methoxy groups -OCH3 is 1. The van der Waals surface area contributed by atoms with Crippen LogP contribution in [0, 0.1) is 20.8 Å². The summed E-state index contributed by atoms with van der Waals surface area (Å²) in [6.07, 6.45) is 0. The first-order valence-electron chi connectivity index (χ1n) is 6.38. The molecule has 1 aromatic heterocycles. The molecule has 0 spiro atoms. The molecule has 1 heterocycles. The Balaban J connectivity index is 2.31. The van der Waals surface area contributed by atoms with Crippen LogP contribution in [0.1, 0.15) is 5.56 Å². The van der Waals surface area contributed by atoms with Gasteiger partial charge in [-0.2, -0.15) is 5.26 Å². The molecule has 0 aliphatic heterocycles. The average Bonchev–Trinajstić information content (AvgIpc) is 2.55. The molecule has 0 unspecified atom stereocenters. The van der Waals surface area contributed by atoms with Crippen LogP contribution in [0.3, 0.4) is 0 Å². The van der Waals surface area contributed by atoms with E-state index in [2.05, 4.69) is 6.07 Å². The number of fused-ring (bicyclic) bond motifs is 1. The molecule has 3 rings (SSSR count). The lowest BCUT2D eigenvalue weighted by Gasteiger charge is -2.09. The van der Waals surface area contributed by atoms with Gasteiger partial charge in [0.2, 0.25) is 0 Å². The van der Waals surface area contributed by atoms with Crippen molar-refractivity contribution in [2.24, 2.45) is 0 Å². The van der Waals surface area contributed by atoms with E-state index < -0.39 is 0 Å². The lowest BCUT2D eigenvalue weighted by Crippen LogP contribution is -1.99. The molecule has 6 heteroatoms. The van der Waals surface area contributed by atoms with Crippen LogP contribution in [0.25, 0.3) is 16.7 Å². The number of nitrogens with zero attached hydrogens (tertiary/aromatic N) is 2. The van der Waals surface area contributed by atoms with E-state index in [1.165, 1.54) is 0 Å². The van der Waals surface area contributed by atoms with Gasteiger partial charge in [0, 0.05) is 0 Å². The second kappa shape index (κ2) is 5.72. The number of hydrogen-bond donors (Lipinski definition) is 0. The van der Waals surface area contributed by atoms with Crippen molar-refractivity contribution in [2.45, 2.75) is 0 Å². The Morgan fingerprint density at radius 2 is 1.86 bits per heavy atom. The zero-order valence-corrected chi connectivity index (χ0v) is 13.2. The molecular formula is C16H10N2O2S2. The van der Waals surface area contributed by atoms with E-state index in [1.807, 2.05) is 6.07 Å². The van der Waals surface area contributed by atoms with Gasteiger partial charge in [-0.25, -0.2) is 0 Å². The van der Waals surface area contributed by atoms with Gasteiger partial charge in [-0.3, -0.25) is 4.57 Å². The van der Waals surface area contributed by atoms with Crippen LogP contribution in [0.2, 0.25) is 0 Å². The molecule has 22 heavy (non-hydrogen) atoms. The summed E-state index contributed by atoms with van der Waals surface area (Å²) in [6, 6.07) is 14.5. The third kappa shape index (κ3) is 2.41. The van der Waals surface area contributed by atoms with Crippen molar-refractivity contribution in [3.63, 3.8) is 0 Å². The average molecular weight is 326 g/mol. The van der Waals surface area contributed by atoms with E-state index in [-0.39, 0.29) is 4.84 Å². The highest BCUT2D eigenvalue weighted by molar-refractivity contribution is 7.72. The highest BCUT2D eigenvalue weighted by Crippen LogP contribution is 2.24. The number of ether oxygens (including phenoxy) is 1. The van der Waals surface area contributed by atoms with E-state index in [0.29, 0.717) is 21.5 Å². The first-order chi connectivity index (χ1) is 10.6. The van der Waals surface area contributed by atoms with Gasteiger partial charge in [0.15, 0.2) is 0 Å². The van der Waals surface area contributed by atoms with E-state index in [1.54, 1.807) is 48.1 Å². The maximum Gasteiger partial charge on any atom is 0.274 e. The summed E-state index contributed by atoms with van der Waals surface area (Å²) >= 11 is 10.9. The second-order valence-electron chi connectivity index (χ2n) is 4.53. The Bertz CT molecular complexity index is 1010. The first kappa shape index (κ1) is 14.4. The molecule has 0 saturated carbocycles. The molecule has 0 N–H and O–H groups in total. The summed E-state index contributed by atoms with van der Waals surface area (Å²) in [4.78, 5) is 0.257. The Morgan fingerprint density at radius 3 is 2.50 bits per heavy atom. The minimum absolute atomic E-state index is 0.257. The SMILES string of the molecule is COc1ccc2oc(=S)n(-c3ccc(C#N)cc3)c(=S)c2c1. The summed E-state index contributed by atoms with van der Waals surface area (Å²) in [7, 11) is 1.59. The van der Waals surface area contributed by atoms with Crippen LogP contribution in [0.4, 0.5) is 0 Å². The molecule has 0 radical (unpaired) electrons. The van der Waals surface area contributed by atoms with E-state index in [4.69, 9.17) is 38.9 Å². The topological polar surface area (TPSA) is 51.1 Å². The number of benzene rings is 2. The van der Waals surface area contributed by atoms with Gasteiger partial charge < -0.3 is 9.15 Å². The van der Waals surface area contributed by atoms with E-state index in [0.717, 1.165) is 11.1 Å². The molecule has 0 bridgehead atoms. The smallest absolute Gasteiger partial charge is 0.274 e. The van der Waals surface area contributed by atoms with Crippen LogP contribution in [-0.4, -0.2) is 11.7 Å². The fourth-order valence-electron chi connectivity index (χ4n) is 2.14. The first-order valence-corrected chi connectivity index (χ1v) is 7.20. The minimum atomic E-state index is 0.257. The monoisotopic (exact) mass is 326 g/mol. The molecule has 0 saturated heterocycles. The van der Waals surface area contributed by atoms with E-state index >= 15 is 0 Å². The third-order valence-electron chi connectivity index (χ3n) is 3.25. The predicted molar refractivity (Wildman–Crippen MR) is 88.5 cm³/mol. The van der Waals surface area contributed by atoms with Gasteiger partial charge in [0.25, 0.3) is 4.84 Å². The lowest BCUT2D eigenvalue weighted by atomic mass is 10.2. The number of hydrogen-bond acceptors (Lipinski definition) is 5. The Hall–Kier alpha value is -2.49. The van der Waals surface area contributed by atoms with Crippen LogP contribution in [-0.2, 0) is 0 Å². The second-order valence-corrected chi connectivity index (χ2v) is 5.27. The number of rotatable bonds is 2. The van der Waals surface area contributed by atoms with Crippen LogP contribution in [0.15, 0.2) is 46.9 Å². The summed E-state index contributed by atoms with van der Waals surface area (Å²) in [5, 5.41) is 9.62. The minimum Gasteiger partial charge on any atom is -0.497 e. The fraction of sp³-hybridized carbons (Fsp3) is 0.0625. The van der Waals surface area contributed by atoms with Crippen LogP contribution in [0.5, 0.6) is 5.75 Å². The van der Waals surface area contributed by atoms with Gasteiger partial charge in [-0.1, -0.05) is 12.2 Å². The van der Waals surface area contributed by atoms with Crippen molar-refractivity contribution in [1.82, 2.24) is 4.57 Å². The maximum atomic E-state index is 8.88. The Kier molecular flexibility index (Phi) is 3.75. The van der Waals surface area contributed by atoms with Gasteiger partial charge in [-0.15, -0.1) is 0 Å². The molecule has 0 amide bonds. The third-order valence-corrected chi connectivity index (χ3v) is 3.92. The number of aromatic nitrogens is 1. The fourth-order valence-corrected chi connectivity index (χ4v) is 2.84. The number of nitriles is 1. The zero-order chi connectivity index (χ0) is 15.7. The normalized spacial score (nSPS) is 10.4. The summed E-state index contributed by atoms with van der Waals surface area (Å²) in [5.74, 6) is 0.692. The van der Waals surface area contributed by atoms with Gasteiger partial charge >= 0.3 is 0 Å². The highest BCUT2D eigenvalue weighted by Gasteiger charge is 2.08. The molecule has 0 aliphatic rings. The lowest BCUT2D eigenvalue weighted by molar-refractivity contribution is 0.415. The standard InChI is InChI=1S/C16H10N2O2S2/c1-19-12-6-7-14-13(8-12)15(21)18(16(22)20-14)11-4-2-10(9-17)3-5-11/h2-8H,1H3. The summed E-state index contributed by atoms with van der Waals surface area (Å²) in [5.41, 5.74) is 1.93. The summed E-state index contributed by atoms with van der Waals surface area (Å²) in [6.45, 7) is 0. The van der Waals surface area contributed by atoms with Gasteiger partial charge in [-0.05, 0) is 54.7 Å². The van der Waals surface area contributed by atoms with E-state index in [9.17, 15) is 0 Å². The maximum absolute atomic E-state index is 8.88. The molecule has 3 aromatic rings.